The predicted octanol–water partition coefficient (Wildman–Crippen LogP) is 0.236. The molecule has 0 atom stereocenters. The number of rotatable bonds is 1. The van der Waals surface area contributed by atoms with Crippen molar-refractivity contribution in [2.45, 2.75) is 12.8 Å². The second kappa shape index (κ2) is 4.37. The molecular formula is C9H17NO4S. The summed E-state index contributed by atoms with van der Waals surface area (Å²) in [6.07, 6.45) is 2.21. The molecule has 0 amide bonds. The van der Waals surface area contributed by atoms with Crippen LogP contribution in [0.3, 0.4) is 0 Å². The van der Waals surface area contributed by atoms with Crippen molar-refractivity contribution in [3.63, 3.8) is 0 Å². The minimum Gasteiger partial charge on any atom is -0.306 e. The molecule has 0 aromatic heterocycles. The van der Waals surface area contributed by atoms with Gasteiger partial charge < -0.3 is 4.90 Å². The van der Waals surface area contributed by atoms with Gasteiger partial charge in [-0.2, -0.15) is 8.42 Å². The third-order valence-electron chi connectivity index (χ3n) is 3.28. The Hall–Kier alpha value is -0.170. The third-order valence-corrected chi connectivity index (χ3v) is 4.13. The van der Waals surface area contributed by atoms with Crippen LogP contribution in [0.25, 0.3) is 0 Å². The van der Waals surface area contributed by atoms with E-state index in [1.54, 1.807) is 0 Å². The number of hydrogen-bond acceptors (Lipinski definition) is 5. The molecule has 0 bridgehead atoms. The molecule has 0 aromatic rings. The highest BCUT2D eigenvalue weighted by atomic mass is 32.3. The van der Waals surface area contributed by atoms with Gasteiger partial charge in [-0.3, -0.25) is 0 Å². The first kappa shape index (κ1) is 11.3. The molecule has 0 spiro atoms. The average Bonchev–Trinajstić information content (AvgIpc) is 2.20. The van der Waals surface area contributed by atoms with Gasteiger partial charge in [0.1, 0.15) is 0 Å². The SMILES string of the molecule is CN1CCC(C2COS(=O)(=O)OC2)CC1. The smallest absolute Gasteiger partial charge is 0.306 e. The second-order valence-electron chi connectivity index (χ2n) is 4.38. The van der Waals surface area contributed by atoms with E-state index in [1.165, 1.54) is 0 Å². The molecule has 5 nitrogen and oxygen atoms in total. The summed E-state index contributed by atoms with van der Waals surface area (Å²) < 4.78 is 31.1. The summed E-state index contributed by atoms with van der Waals surface area (Å²) in [5.74, 6) is 0.777. The molecule has 6 heteroatoms. The van der Waals surface area contributed by atoms with Crippen LogP contribution >= 0.6 is 0 Å². The van der Waals surface area contributed by atoms with Gasteiger partial charge in [-0.15, -0.1) is 0 Å². The first-order valence-corrected chi connectivity index (χ1v) is 6.62. The molecule has 2 saturated heterocycles. The quantitative estimate of drug-likeness (QED) is 0.651. The maximum atomic E-state index is 10.9. The molecule has 0 aromatic carbocycles. The van der Waals surface area contributed by atoms with Gasteiger partial charge >= 0.3 is 10.4 Å². The number of likely N-dealkylation sites (tertiary alicyclic amines) is 1. The highest BCUT2D eigenvalue weighted by Crippen LogP contribution is 2.28. The van der Waals surface area contributed by atoms with Crippen LogP contribution in [0.15, 0.2) is 0 Å². The van der Waals surface area contributed by atoms with E-state index in [2.05, 4.69) is 11.9 Å². The lowest BCUT2D eigenvalue weighted by atomic mass is 9.85. The molecule has 2 heterocycles. The zero-order valence-corrected chi connectivity index (χ0v) is 9.70. The zero-order chi connectivity index (χ0) is 10.9. The molecule has 2 aliphatic heterocycles. The van der Waals surface area contributed by atoms with Gasteiger partial charge in [-0.1, -0.05) is 0 Å². The molecule has 0 saturated carbocycles. The summed E-state index contributed by atoms with van der Waals surface area (Å²) in [6.45, 7) is 2.73. The molecule has 88 valence electrons. The lowest BCUT2D eigenvalue weighted by molar-refractivity contribution is 0.0472. The zero-order valence-electron chi connectivity index (χ0n) is 8.89. The normalized spacial score (nSPS) is 30.5. The Balaban J connectivity index is 1.86. The van der Waals surface area contributed by atoms with Crippen molar-refractivity contribution < 1.29 is 16.8 Å². The number of hydrogen-bond donors (Lipinski definition) is 0. The lowest BCUT2D eigenvalue weighted by Gasteiger charge is -2.35. The Labute approximate surface area is 90.7 Å². The van der Waals surface area contributed by atoms with Crippen molar-refractivity contribution in [3.05, 3.63) is 0 Å². The van der Waals surface area contributed by atoms with Gasteiger partial charge in [0.2, 0.25) is 0 Å². The molecule has 0 radical (unpaired) electrons. The summed E-state index contributed by atoms with van der Waals surface area (Å²) in [7, 11) is -1.57. The Kier molecular flexibility index (Phi) is 3.30. The third kappa shape index (κ3) is 2.90. The highest BCUT2D eigenvalue weighted by Gasteiger charge is 2.32. The largest absolute Gasteiger partial charge is 0.399 e. The summed E-state index contributed by atoms with van der Waals surface area (Å²) in [5, 5.41) is 0. The highest BCUT2D eigenvalue weighted by molar-refractivity contribution is 7.81. The van der Waals surface area contributed by atoms with Gasteiger partial charge in [0.05, 0.1) is 13.2 Å². The van der Waals surface area contributed by atoms with Gasteiger partial charge in [-0.25, -0.2) is 8.37 Å². The van der Waals surface area contributed by atoms with Crippen molar-refractivity contribution >= 4 is 10.4 Å². The fourth-order valence-electron chi connectivity index (χ4n) is 2.20. The molecule has 0 N–H and O–H groups in total. The minimum absolute atomic E-state index is 0.238. The van der Waals surface area contributed by atoms with Crippen LogP contribution in [0.5, 0.6) is 0 Å². The minimum atomic E-state index is -3.68. The summed E-state index contributed by atoms with van der Waals surface area (Å²) >= 11 is 0. The van der Waals surface area contributed by atoms with Crippen LogP contribution in [0, 0.1) is 11.8 Å². The van der Waals surface area contributed by atoms with E-state index in [0.29, 0.717) is 5.92 Å². The van der Waals surface area contributed by atoms with E-state index >= 15 is 0 Å². The molecule has 0 unspecified atom stereocenters. The molecular weight excluding hydrogens is 218 g/mol. The molecule has 2 fully saturated rings. The van der Waals surface area contributed by atoms with Gasteiger partial charge in [-0.05, 0) is 38.9 Å². The maximum absolute atomic E-state index is 10.9. The summed E-state index contributed by atoms with van der Waals surface area (Å²) in [6, 6.07) is 0. The average molecular weight is 235 g/mol. The van der Waals surface area contributed by atoms with Crippen LogP contribution in [-0.2, 0) is 18.8 Å². The van der Waals surface area contributed by atoms with Crippen LogP contribution < -0.4 is 0 Å². The number of nitrogens with zero attached hydrogens (tertiary/aromatic N) is 1. The van der Waals surface area contributed by atoms with Crippen molar-refractivity contribution in [2.24, 2.45) is 11.8 Å². The standard InChI is InChI=1S/C9H17NO4S/c1-10-4-2-8(3-5-10)9-6-13-15(11,12)14-7-9/h8-9H,2-7H2,1H3. The van der Waals surface area contributed by atoms with E-state index in [1.807, 2.05) is 0 Å². The van der Waals surface area contributed by atoms with Crippen LogP contribution in [-0.4, -0.2) is 46.7 Å². The lowest BCUT2D eigenvalue weighted by Crippen LogP contribution is -2.39. The Morgan fingerprint density at radius 1 is 1.07 bits per heavy atom. The first-order chi connectivity index (χ1) is 7.07. The predicted molar refractivity (Wildman–Crippen MR) is 54.5 cm³/mol. The molecule has 2 aliphatic rings. The van der Waals surface area contributed by atoms with E-state index < -0.39 is 10.4 Å². The summed E-state index contributed by atoms with van der Waals surface area (Å²) in [5.41, 5.74) is 0. The maximum Gasteiger partial charge on any atom is 0.399 e. The molecule has 0 aliphatic carbocycles. The van der Waals surface area contributed by atoms with Crippen molar-refractivity contribution in [1.29, 1.82) is 0 Å². The van der Waals surface area contributed by atoms with Gasteiger partial charge in [0.25, 0.3) is 0 Å². The first-order valence-electron chi connectivity index (χ1n) is 5.29. The Bertz CT molecular complexity index is 294. The number of piperidine rings is 1. The Morgan fingerprint density at radius 3 is 2.13 bits per heavy atom. The van der Waals surface area contributed by atoms with E-state index in [4.69, 9.17) is 8.37 Å². The Morgan fingerprint density at radius 2 is 1.60 bits per heavy atom. The van der Waals surface area contributed by atoms with E-state index in [0.717, 1.165) is 25.9 Å². The second-order valence-corrected chi connectivity index (χ2v) is 5.67. The fourth-order valence-corrected chi connectivity index (χ4v) is 2.95. The van der Waals surface area contributed by atoms with E-state index in [9.17, 15) is 8.42 Å². The van der Waals surface area contributed by atoms with Gasteiger partial charge in [0.15, 0.2) is 0 Å². The summed E-state index contributed by atoms with van der Waals surface area (Å²) in [4.78, 5) is 2.29. The van der Waals surface area contributed by atoms with Crippen molar-refractivity contribution in [1.82, 2.24) is 4.90 Å². The molecule has 2 rings (SSSR count). The van der Waals surface area contributed by atoms with Crippen molar-refractivity contribution in [3.8, 4) is 0 Å². The monoisotopic (exact) mass is 235 g/mol. The van der Waals surface area contributed by atoms with Gasteiger partial charge in [0, 0.05) is 5.92 Å². The van der Waals surface area contributed by atoms with Crippen LogP contribution in [0.1, 0.15) is 12.8 Å². The fraction of sp³-hybridized carbons (Fsp3) is 1.00. The topological polar surface area (TPSA) is 55.8 Å². The van der Waals surface area contributed by atoms with E-state index in [-0.39, 0.29) is 19.1 Å². The molecule has 15 heavy (non-hydrogen) atoms. The van der Waals surface area contributed by atoms with Crippen molar-refractivity contribution in [2.75, 3.05) is 33.4 Å². The van der Waals surface area contributed by atoms with Crippen LogP contribution in [0.2, 0.25) is 0 Å². The van der Waals surface area contributed by atoms with Crippen LogP contribution in [0.4, 0.5) is 0 Å².